The van der Waals surface area contributed by atoms with E-state index in [1.54, 1.807) is 27.7 Å². The van der Waals surface area contributed by atoms with Crippen molar-refractivity contribution in [2.75, 3.05) is 18.6 Å². The predicted molar refractivity (Wildman–Crippen MR) is 92.1 cm³/mol. The van der Waals surface area contributed by atoms with Gasteiger partial charge in [0.15, 0.2) is 27.1 Å². The Balaban J connectivity index is 1.83. The van der Waals surface area contributed by atoms with Crippen LogP contribution in [0.25, 0.3) is 17.2 Å². The van der Waals surface area contributed by atoms with Crippen LogP contribution in [0.3, 0.4) is 0 Å². The standard InChI is InChI=1S/C15H17N7O3S/c1-16-14(23)7-12-19-15(11-8-17-13-3-2-5-18-22(11)13)21(20-12)10-4-6-26(24,25)9-10/h2-3,5,8,10H,4,6-7,9H2,1H3,(H,16,23). The highest BCUT2D eigenvalue weighted by atomic mass is 32.2. The molecule has 1 unspecified atom stereocenters. The number of hydrogen-bond donors (Lipinski definition) is 1. The molecule has 11 heteroatoms. The first-order valence-electron chi connectivity index (χ1n) is 8.12. The van der Waals surface area contributed by atoms with Crippen LogP contribution >= 0.6 is 0 Å². The summed E-state index contributed by atoms with van der Waals surface area (Å²) >= 11 is 0. The van der Waals surface area contributed by atoms with Gasteiger partial charge in [0.25, 0.3) is 0 Å². The number of carbonyl (C=O) groups excluding carboxylic acids is 1. The molecule has 0 bridgehead atoms. The maximum atomic E-state index is 11.9. The minimum atomic E-state index is -3.10. The Morgan fingerprint density at radius 1 is 1.42 bits per heavy atom. The molecule has 3 aromatic rings. The number of fused-ring (bicyclic) bond motifs is 1. The molecule has 136 valence electrons. The van der Waals surface area contributed by atoms with Crippen molar-refractivity contribution in [3.05, 3.63) is 30.4 Å². The molecule has 1 aliphatic heterocycles. The highest BCUT2D eigenvalue weighted by molar-refractivity contribution is 7.91. The van der Waals surface area contributed by atoms with E-state index in [0.717, 1.165) is 0 Å². The summed E-state index contributed by atoms with van der Waals surface area (Å²) in [6.45, 7) is 0. The molecular weight excluding hydrogens is 358 g/mol. The summed E-state index contributed by atoms with van der Waals surface area (Å²) in [5, 5.41) is 11.2. The zero-order valence-corrected chi connectivity index (χ0v) is 14.8. The van der Waals surface area contributed by atoms with Gasteiger partial charge in [-0.2, -0.15) is 10.2 Å². The molecule has 1 aliphatic rings. The third kappa shape index (κ3) is 2.94. The lowest BCUT2D eigenvalue weighted by atomic mass is 10.2. The molecule has 0 aromatic carbocycles. The van der Waals surface area contributed by atoms with Crippen LogP contribution in [0.2, 0.25) is 0 Å². The molecule has 4 heterocycles. The first kappa shape index (κ1) is 16.6. The van der Waals surface area contributed by atoms with Gasteiger partial charge in [0, 0.05) is 13.2 Å². The summed E-state index contributed by atoms with van der Waals surface area (Å²) in [5.74, 6) is 0.691. The third-order valence-corrected chi connectivity index (χ3v) is 6.08. The number of amides is 1. The van der Waals surface area contributed by atoms with Crippen molar-refractivity contribution in [2.24, 2.45) is 0 Å². The van der Waals surface area contributed by atoms with Gasteiger partial charge in [-0.25, -0.2) is 27.6 Å². The summed E-state index contributed by atoms with van der Waals surface area (Å²) in [4.78, 5) is 20.5. The summed E-state index contributed by atoms with van der Waals surface area (Å²) < 4.78 is 27.0. The Hall–Kier alpha value is -2.82. The zero-order valence-electron chi connectivity index (χ0n) is 14.0. The van der Waals surface area contributed by atoms with Gasteiger partial charge in [0.1, 0.15) is 5.69 Å². The molecule has 0 radical (unpaired) electrons. The van der Waals surface area contributed by atoms with E-state index >= 15 is 0 Å². The van der Waals surface area contributed by atoms with Gasteiger partial charge in [-0.05, 0) is 18.6 Å². The van der Waals surface area contributed by atoms with Gasteiger partial charge in [0.2, 0.25) is 5.91 Å². The van der Waals surface area contributed by atoms with E-state index in [9.17, 15) is 13.2 Å². The molecule has 0 saturated carbocycles. The first-order valence-corrected chi connectivity index (χ1v) is 9.94. The molecule has 1 atom stereocenters. The molecule has 1 N–H and O–H groups in total. The van der Waals surface area contributed by atoms with Crippen molar-refractivity contribution < 1.29 is 13.2 Å². The summed E-state index contributed by atoms with van der Waals surface area (Å²) in [6, 6.07) is 3.26. The van der Waals surface area contributed by atoms with Gasteiger partial charge in [-0.15, -0.1) is 0 Å². The van der Waals surface area contributed by atoms with Crippen LogP contribution in [0.5, 0.6) is 0 Å². The number of carbonyl (C=O) groups is 1. The lowest BCUT2D eigenvalue weighted by molar-refractivity contribution is -0.120. The molecule has 1 amide bonds. The third-order valence-electron chi connectivity index (χ3n) is 4.33. The normalized spacial score (nSPS) is 19.0. The Morgan fingerprint density at radius 2 is 2.27 bits per heavy atom. The van der Waals surface area contributed by atoms with Gasteiger partial charge in [-0.3, -0.25) is 4.79 Å². The molecule has 26 heavy (non-hydrogen) atoms. The molecule has 3 aromatic heterocycles. The Bertz CT molecular complexity index is 1090. The van der Waals surface area contributed by atoms with Gasteiger partial charge >= 0.3 is 0 Å². The lowest BCUT2D eigenvalue weighted by Crippen LogP contribution is -2.21. The fourth-order valence-electron chi connectivity index (χ4n) is 3.05. The number of sulfone groups is 1. The maximum Gasteiger partial charge on any atom is 0.227 e. The van der Waals surface area contributed by atoms with E-state index in [2.05, 4.69) is 25.5 Å². The van der Waals surface area contributed by atoms with Crippen molar-refractivity contribution in [3.63, 3.8) is 0 Å². The van der Waals surface area contributed by atoms with Crippen molar-refractivity contribution in [2.45, 2.75) is 18.9 Å². The predicted octanol–water partition coefficient (Wildman–Crippen LogP) is -0.364. The minimum absolute atomic E-state index is 0.00688. The molecule has 1 fully saturated rings. The first-order chi connectivity index (χ1) is 12.5. The second-order valence-electron chi connectivity index (χ2n) is 6.14. The fourth-order valence-corrected chi connectivity index (χ4v) is 4.75. The quantitative estimate of drug-likeness (QED) is 0.660. The van der Waals surface area contributed by atoms with Gasteiger partial charge < -0.3 is 5.32 Å². The van der Waals surface area contributed by atoms with Crippen LogP contribution in [-0.4, -0.2) is 62.2 Å². The van der Waals surface area contributed by atoms with Gasteiger partial charge in [-0.1, -0.05) is 0 Å². The number of aromatic nitrogens is 6. The molecule has 4 rings (SSSR count). The molecule has 0 spiro atoms. The van der Waals surface area contributed by atoms with Crippen LogP contribution in [0.1, 0.15) is 18.3 Å². The van der Waals surface area contributed by atoms with Crippen LogP contribution in [0, 0.1) is 0 Å². The average Bonchev–Trinajstić information content (AvgIpc) is 3.30. The van der Waals surface area contributed by atoms with Crippen LogP contribution in [0.15, 0.2) is 24.5 Å². The minimum Gasteiger partial charge on any atom is -0.359 e. The highest BCUT2D eigenvalue weighted by Crippen LogP contribution is 2.28. The molecular formula is C15H17N7O3S. The molecule has 0 aliphatic carbocycles. The van der Waals surface area contributed by atoms with Crippen molar-refractivity contribution in [3.8, 4) is 11.5 Å². The summed E-state index contributed by atoms with van der Waals surface area (Å²) in [6.07, 6.45) is 3.72. The van der Waals surface area contributed by atoms with Gasteiger partial charge in [0.05, 0.1) is 30.2 Å². The smallest absolute Gasteiger partial charge is 0.227 e. The second kappa shape index (κ2) is 6.16. The summed E-state index contributed by atoms with van der Waals surface area (Å²) in [7, 11) is -1.56. The fraction of sp³-hybridized carbons (Fsp3) is 0.400. The number of hydrogen-bond acceptors (Lipinski definition) is 7. The van der Waals surface area contributed by atoms with E-state index in [0.29, 0.717) is 29.4 Å². The van der Waals surface area contributed by atoms with Crippen LogP contribution in [-0.2, 0) is 21.1 Å². The second-order valence-corrected chi connectivity index (χ2v) is 8.37. The Labute approximate surface area is 149 Å². The van der Waals surface area contributed by atoms with E-state index in [4.69, 9.17) is 0 Å². The highest BCUT2D eigenvalue weighted by Gasteiger charge is 2.33. The van der Waals surface area contributed by atoms with Crippen molar-refractivity contribution in [1.29, 1.82) is 0 Å². The van der Waals surface area contributed by atoms with E-state index < -0.39 is 9.84 Å². The Kier molecular flexibility index (Phi) is 3.94. The number of imidazole rings is 1. The zero-order chi connectivity index (χ0) is 18.3. The van der Waals surface area contributed by atoms with E-state index in [1.807, 2.05) is 6.07 Å². The SMILES string of the molecule is CNC(=O)Cc1nc(-c2cnc3cccnn23)n(C2CCS(=O)(=O)C2)n1. The average molecular weight is 375 g/mol. The number of likely N-dealkylation sites (N-methyl/N-ethyl adjacent to an activating group) is 1. The van der Waals surface area contributed by atoms with Crippen LogP contribution < -0.4 is 5.32 Å². The Morgan fingerprint density at radius 3 is 3.00 bits per heavy atom. The molecule has 10 nitrogen and oxygen atoms in total. The van der Waals surface area contributed by atoms with E-state index in [-0.39, 0.29) is 29.9 Å². The maximum absolute atomic E-state index is 11.9. The number of rotatable bonds is 4. The molecule has 1 saturated heterocycles. The lowest BCUT2D eigenvalue weighted by Gasteiger charge is -2.11. The topological polar surface area (TPSA) is 124 Å². The number of nitrogens with one attached hydrogen (secondary N) is 1. The monoisotopic (exact) mass is 375 g/mol. The van der Waals surface area contributed by atoms with Crippen LogP contribution in [0.4, 0.5) is 0 Å². The number of nitrogens with zero attached hydrogens (tertiary/aromatic N) is 6. The van der Waals surface area contributed by atoms with Crippen molar-refractivity contribution >= 4 is 21.4 Å². The van der Waals surface area contributed by atoms with Crippen molar-refractivity contribution in [1.82, 2.24) is 34.7 Å². The largest absolute Gasteiger partial charge is 0.359 e. The summed E-state index contributed by atoms with van der Waals surface area (Å²) in [5.41, 5.74) is 1.24. The van der Waals surface area contributed by atoms with E-state index in [1.165, 1.54) is 7.05 Å².